The third-order valence-corrected chi connectivity index (χ3v) is 1.99. The highest BCUT2D eigenvalue weighted by atomic mass is 32.2. The first-order valence-electron chi connectivity index (χ1n) is 2.88. The zero-order chi connectivity index (χ0) is 9.30. The van der Waals surface area contributed by atoms with E-state index in [4.69, 9.17) is 19.9 Å². The molecule has 0 bridgehead atoms. The summed E-state index contributed by atoms with van der Waals surface area (Å²) in [4.78, 5) is -0.342. The Labute approximate surface area is 70.2 Å². The molecule has 1 aromatic carbocycles. The van der Waals surface area contributed by atoms with Gasteiger partial charge in [-0.25, -0.2) is 4.21 Å². The molecular weight excluding hydrogens is 184 g/mol. The van der Waals surface area contributed by atoms with Crippen LogP contribution in [0.15, 0.2) is 17.0 Å². The summed E-state index contributed by atoms with van der Waals surface area (Å²) in [5.41, 5.74) is 0. The predicted molar refractivity (Wildman–Crippen MR) is 40.5 cm³/mol. The first-order chi connectivity index (χ1) is 5.54. The van der Waals surface area contributed by atoms with Crippen LogP contribution in [0.4, 0.5) is 0 Å². The smallest absolute Gasteiger partial charge is 0.201 e. The van der Waals surface area contributed by atoms with Crippen molar-refractivity contribution in [1.29, 1.82) is 0 Å². The van der Waals surface area contributed by atoms with Gasteiger partial charge in [0.25, 0.3) is 0 Å². The fourth-order valence-electron chi connectivity index (χ4n) is 0.691. The second kappa shape index (κ2) is 3.00. The normalized spacial score (nSPS) is 12.8. The Balaban J connectivity index is 3.36. The Hall–Kier alpha value is -1.27. The molecule has 5 nitrogen and oxygen atoms in total. The molecule has 0 saturated heterocycles. The molecular formula is C6H6O5S. The number of rotatable bonds is 1. The molecule has 0 radical (unpaired) electrons. The maximum Gasteiger partial charge on any atom is 0.201 e. The van der Waals surface area contributed by atoms with Gasteiger partial charge in [-0.2, -0.15) is 0 Å². The minimum Gasteiger partial charge on any atom is -0.504 e. The Morgan fingerprint density at radius 2 is 1.67 bits per heavy atom. The van der Waals surface area contributed by atoms with Crippen molar-refractivity contribution < 1.29 is 24.1 Å². The highest BCUT2D eigenvalue weighted by molar-refractivity contribution is 7.79. The van der Waals surface area contributed by atoms with Gasteiger partial charge in [-0.05, 0) is 12.1 Å². The number of phenolic OH excluding ortho intramolecular Hbond substituents is 3. The standard InChI is InChI=1S/C6H6O5S/c7-3-1-2-4(12(10)11)6(9)5(3)8/h1-2,7-9H,(H,10,11). The van der Waals surface area contributed by atoms with E-state index in [0.29, 0.717) is 0 Å². The minimum absolute atomic E-state index is 0.342. The molecule has 4 N–H and O–H groups in total. The van der Waals surface area contributed by atoms with Crippen LogP contribution in [0, 0.1) is 0 Å². The van der Waals surface area contributed by atoms with E-state index >= 15 is 0 Å². The van der Waals surface area contributed by atoms with Crippen LogP contribution in [0.25, 0.3) is 0 Å². The molecule has 1 atom stereocenters. The van der Waals surface area contributed by atoms with E-state index in [-0.39, 0.29) is 4.90 Å². The van der Waals surface area contributed by atoms with Crippen molar-refractivity contribution in [3.8, 4) is 17.2 Å². The molecule has 1 rings (SSSR count). The van der Waals surface area contributed by atoms with E-state index in [9.17, 15) is 4.21 Å². The summed E-state index contributed by atoms with van der Waals surface area (Å²) < 4.78 is 19.0. The van der Waals surface area contributed by atoms with Gasteiger partial charge in [0.2, 0.25) is 5.75 Å². The molecule has 0 aromatic heterocycles. The van der Waals surface area contributed by atoms with Crippen molar-refractivity contribution in [2.24, 2.45) is 0 Å². The first kappa shape index (κ1) is 8.82. The van der Waals surface area contributed by atoms with Gasteiger partial charge in [0.15, 0.2) is 22.6 Å². The lowest BCUT2D eigenvalue weighted by atomic mass is 10.3. The van der Waals surface area contributed by atoms with E-state index in [1.807, 2.05) is 0 Å². The van der Waals surface area contributed by atoms with Gasteiger partial charge in [0, 0.05) is 0 Å². The van der Waals surface area contributed by atoms with E-state index in [0.717, 1.165) is 12.1 Å². The molecule has 0 amide bonds. The Kier molecular flexibility index (Phi) is 2.20. The van der Waals surface area contributed by atoms with Crippen LogP contribution in [-0.4, -0.2) is 24.1 Å². The monoisotopic (exact) mass is 190 g/mol. The predicted octanol–water partition coefficient (Wildman–Crippen LogP) is 0.384. The summed E-state index contributed by atoms with van der Waals surface area (Å²) in [6, 6.07) is 2.05. The molecule has 12 heavy (non-hydrogen) atoms. The molecule has 1 aromatic rings. The molecule has 0 aliphatic rings. The SMILES string of the molecule is O=S(O)c1ccc(O)c(O)c1O. The quantitative estimate of drug-likeness (QED) is 0.379. The van der Waals surface area contributed by atoms with E-state index in [2.05, 4.69) is 0 Å². The summed E-state index contributed by atoms with van der Waals surface area (Å²) in [5, 5.41) is 26.7. The van der Waals surface area contributed by atoms with Gasteiger partial charge in [0.1, 0.15) is 4.90 Å². The third kappa shape index (κ3) is 1.34. The van der Waals surface area contributed by atoms with Crippen molar-refractivity contribution in [1.82, 2.24) is 0 Å². The molecule has 6 heteroatoms. The van der Waals surface area contributed by atoms with Gasteiger partial charge in [-0.15, -0.1) is 0 Å². The Bertz CT molecular complexity index is 335. The van der Waals surface area contributed by atoms with Crippen LogP contribution < -0.4 is 0 Å². The Morgan fingerprint density at radius 1 is 1.08 bits per heavy atom. The van der Waals surface area contributed by atoms with Crippen LogP contribution in [-0.2, 0) is 11.1 Å². The zero-order valence-corrected chi connectivity index (χ0v) is 6.58. The van der Waals surface area contributed by atoms with Crippen LogP contribution >= 0.6 is 0 Å². The van der Waals surface area contributed by atoms with Gasteiger partial charge < -0.3 is 19.9 Å². The van der Waals surface area contributed by atoms with E-state index in [1.54, 1.807) is 0 Å². The van der Waals surface area contributed by atoms with Gasteiger partial charge in [-0.1, -0.05) is 0 Å². The zero-order valence-electron chi connectivity index (χ0n) is 5.76. The summed E-state index contributed by atoms with van der Waals surface area (Å²) >= 11 is -2.38. The molecule has 0 heterocycles. The molecule has 1 unspecified atom stereocenters. The van der Waals surface area contributed by atoms with Crippen molar-refractivity contribution in [2.75, 3.05) is 0 Å². The average molecular weight is 190 g/mol. The fraction of sp³-hybridized carbons (Fsp3) is 0. The molecule has 0 spiro atoms. The molecule has 0 aliphatic heterocycles. The van der Waals surface area contributed by atoms with Gasteiger partial charge in [0.05, 0.1) is 0 Å². The van der Waals surface area contributed by atoms with Crippen molar-refractivity contribution in [3.63, 3.8) is 0 Å². The summed E-state index contributed by atoms with van der Waals surface area (Å²) in [6.45, 7) is 0. The van der Waals surface area contributed by atoms with Crippen molar-refractivity contribution in [3.05, 3.63) is 12.1 Å². The molecule has 66 valence electrons. The van der Waals surface area contributed by atoms with Gasteiger partial charge >= 0.3 is 0 Å². The van der Waals surface area contributed by atoms with Crippen LogP contribution in [0.5, 0.6) is 17.2 Å². The van der Waals surface area contributed by atoms with Gasteiger partial charge in [-0.3, -0.25) is 0 Å². The highest BCUT2D eigenvalue weighted by Gasteiger charge is 2.14. The maximum absolute atomic E-state index is 10.4. The second-order valence-electron chi connectivity index (χ2n) is 2.03. The minimum atomic E-state index is -2.38. The molecule has 0 saturated carbocycles. The number of phenols is 3. The number of hydrogen-bond acceptors (Lipinski definition) is 4. The summed E-state index contributed by atoms with van der Waals surface area (Å²) in [5.74, 6) is -2.12. The average Bonchev–Trinajstić information content (AvgIpc) is 2.00. The lowest BCUT2D eigenvalue weighted by Gasteiger charge is -2.02. The highest BCUT2D eigenvalue weighted by Crippen LogP contribution is 2.38. The summed E-state index contributed by atoms with van der Waals surface area (Å²) in [7, 11) is 0. The van der Waals surface area contributed by atoms with Crippen LogP contribution in [0.3, 0.4) is 0 Å². The fourth-order valence-corrected chi connectivity index (χ4v) is 1.14. The third-order valence-electron chi connectivity index (χ3n) is 1.28. The first-order valence-corrected chi connectivity index (χ1v) is 3.99. The number of hydrogen-bond donors (Lipinski definition) is 4. The van der Waals surface area contributed by atoms with Crippen molar-refractivity contribution >= 4 is 11.1 Å². The number of benzene rings is 1. The Morgan fingerprint density at radius 3 is 2.17 bits per heavy atom. The summed E-state index contributed by atoms with van der Waals surface area (Å²) in [6.07, 6.45) is 0. The lowest BCUT2D eigenvalue weighted by Crippen LogP contribution is -1.88. The largest absolute Gasteiger partial charge is 0.504 e. The van der Waals surface area contributed by atoms with Crippen molar-refractivity contribution in [2.45, 2.75) is 4.90 Å². The molecule has 0 fully saturated rings. The van der Waals surface area contributed by atoms with Crippen LogP contribution in [0.2, 0.25) is 0 Å². The lowest BCUT2D eigenvalue weighted by molar-refractivity contribution is 0.360. The van der Waals surface area contributed by atoms with E-state index < -0.39 is 28.3 Å². The van der Waals surface area contributed by atoms with E-state index in [1.165, 1.54) is 0 Å². The molecule has 0 aliphatic carbocycles. The second-order valence-corrected chi connectivity index (χ2v) is 2.97. The topological polar surface area (TPSA) is 98.0 Å². The maximum atomic E-state index is 10.4. The number of aromatic hydroxyl groups is 3. The van der Waals surface area contributed by atoms with Crippen LogP contribution in [0.1, 0.15) is 0 Å².